The van der Waals surface area contributed by atoms with Gasteiger partial charge in [0.15, 0.2) is 11.6 Å². The van der Waals surface area contributed by atoms with Crippen LogP contribution in [0, 0.1) is 11.6 Å². The molecule has 1 aromatic carbocycles. The standard InChI is InChI=1S/C11H15F2NO2S/c1-2-17(15,16)7-3-6-14-9-4-5-10(12)11(13)8-9/h4-5,8,14H,2-3,6-7H2,1H3. The van der Waals surface area contributed by atoms with Crippen LogP contribution in [0.1, 0.15) is 13.3 Å². The molecule has 0 saturated carbocycles. The minimum atomic E-state index is -2.96. The van der Waals surface area contributed by atoms with Crippen molar-refractivity contribution in [2.75, 3.05) is 23.4 Å². The van der Waals surface area contributed by atoms with E-state index in [2.05, 4.69) is 5.32 Å². The van der Waals surface area contributed by atoms with E-state index in [4.69, 9.17) is 0 Å². The van der Waals surface area contributed by atoms with Crippen molar-refractivity contribution in [3.05, 3.63) is 29.8 Å². The Hall–Kier alpha value is -1.17. The minimum Gasteiger partial charge on any atom is -0.385 e. The lowest BCUT2D eigenvalue weighted by atomic mass is 10.3. The molecule has 0 atom stereocenters. The number of hydrogen-bond acceptors (Lipinski definition) is 3. The molecular weight excluding hydrogens is 248 g/mol. The summed E-state index contributed by atoms with van der Waals surface area (Å²) in [5.74, 6) is -1.60. The number of nitrogens with one attached hydrogen (secondary N) is 1. The molecule has 0 saturated heterocycles. The van der Waals surface area contributed by atoms with Gasteiger partial charge in [0, 0.05) is 18.0 Å². The smallest absolute Gasteiger partial charge is 0.160 e. The molecule has 1 aromatic rings. The quantitative estimate of drug-likeness (QED) is 0.800. The molecule has 17 heavy (non-hydrogen) atoms. The first kappa shape index (κ1) is 13.9. The molecule has 96 valence electrons. The number of benzene rings is 1. The van der Waals surface area contributed by atoms with Gasteiger partial charge in [-0.3, -0.25) is 0 Å². The molecule has 0 aliphatic rings. The summed E-state index contributed by atoms with van der Waals surface area (Å²) < 4.78 is 47.8. The van der Waals surface area contributed by atoms with Gasteiger partial charge in [-0.05, 0) is 24.6 Å². The number of rotatable bonds is 6. The molecule has 1 rings (SSSR count). The van der Waals surface area contributed by atoms with E-state index in [1.165, 1.54) is 6.07 Å². The lowest BCUT2D eigenvalue weighted by molar-refractivity contribution is 0.509. The van der Waals surface area contributed by atoms with E-state index in [0.29, 0.717) is 18.7 Å². The summed E-state index contributed by atoms with van der Waals surface area (Å²) >= 11 is 0. The van der Waals surface area contributed by atoms with E-state index >= 15 is 0 Å². The maximum absolute atomic E-state index is 12.8. The van der Waals surface area contributed by atoms with Gasteiger partial charge in [-0.1, -0.05) is 6.92 Å². The lowest BCUT2D eigenvalue weighted by Gasteiger charge is -2.06. The van der Waals surface area contributed by atoms with Crippen LogP contribution < -0.4 is 5.32 Å². The first-order valence-electron chi connectivity index (χ1n) is 5.34. The molecule has 0 aromatic heterocycles. The Balaban J connectivity index is 2.39. The average Bonchev–Trinajstić information content (AvgIpc) is 2.29. The van der Waals surface area contributed by atoms with Crippen molar-refractivity contribution in [3.63, 3.8) is 0 Å². The van der Waals surface area contributed by atoms with Crippen LogP contribution in [-0.4, -0.2) is 26.5 Å². The number of anilines is 1. The summed E-state index contributed by atoms with van der Waals surface area (Å²) in [7, 11) is -2.96. The van der Waals surface area contributed by atoms with Crippen LogP contribution in [0.4, 0.5) is 14.5 Å². The Bertz CT molecular complexity index is 474. The first-order chi connectivity index (χ1) is 7.94. The molecule has 3 nitrogen and oxygen atoms in total. The van der Waals surface area contributed by atoms with Gasteiger partial charge in [-0.2, -0.15) is 0 Å². The van der Waals surface area contributed by atoms with Crippen LogP contribution in [0.2, 0.25) is 0 Å². The maximum atomic E-state index is 12.8. The molecule has 0 radical (unpaired) electrons. The summed E-state index contributed by atoms with van der Waals surface area (Å²) in [5.41, 5.74) is 0.442. The van der Waals surface area contributed by atoms with E-state index < -0.39 is 21.5 Å². The fourth-order valence-corrected chi connectivity index (χ4v) is 2.15. The van der Waals surface area contributed by atoms with E-state index in [-0.39, 0.29) is 11.5 Å². The van der Waals surface area contributed by atoms with Crippen LogP contribution in [0.5, 0.6) is 0 Å². The second-order valence-corrected chi connectivity index (χ2v) is 6.12. The van der Waals surface area contributed by atoms with Crippen molar-refractivity contribution in [2.45, 2.75) is 13.3 Å². The van der Waals surface area contributed by atoms with E-state index in [0.717, 1.165) is 12.1 Å². The molecule has 1 N–H and O–H groups in total. The van der Waals surface area contributed by atoms with Crippen LogP contribution in [0.3, 0.4) is 0 Å². The Kier molecular flexibility index (Phi) is 4.86. The summed E-state index contributed by atoms with van der Waals surface area (Å²) in [6.07, 6.45) is 0.440. The highest BCUT2D eigenvalue weighted by molar-refractivity contribution is 7.91. The predicted octanol–water partition coefficient (Wildman–Crippen LogP) is 2.20. The van der Waals surface area contributed by atoms with Crippen LogP contribution in [0.15, 0.2) is 18.2 Å². The van der Waals surface area contributed by atoms with Crippen molar-refractivity contribution in [1.29, 1.82) is 0 Å². The third-order valence-corrected chi connectivity index (χ3v) is 4.11. The van der Waals surface area contributed by atoms with Gasteiger partial charge in [0.05, 0.1) is 5.75 Å². The van der Waals surface area contributed by atoms with E-state index in [9.17, 15) is 17.2 Å². The highest BCUT2D eigenvalue weighted by Gasteiger charge is 2.06. The molecule has 0 unspecified atom stereocenters. The number of hydrogen-bond donors (Lipinski definition) is 1. The summed E-state index contributed by atoms with van der Waals surface area (Å²) in [6, 6.07) is 3.48. The molecule has 0 amide bonds. The van der Waals surface area contributed by atoms with Gasteiger partial charge >= 0.3 is 0 Å². The predicted molar refractivity (Wildman–Crippen MR) is 63.8 cm³/mol. The zero-order valence-electron chi connectivity index (χ0n) is 9.54. The highest BCUT2D eigenvalue weighted by Crippen LogP contribution is 2.12. The molecule has 0 bridgehead atoms. The fraction of sp³-hybridized carbons (Fsp3) is 0.455. The molecule has 0 heterocycles. The second-order valence-electron chi connectivity index (χ2n) is 3.65. The van der Waals surface area contributed by atoms with Crippen LogP contribution in [0.25, 0.3) is 0 Å². The summed E-state index contributed by atoms with van der Waals surface area (Å²) in [4.78, 5) is 0. The molecule has 0 aliphatic carbocycles. The normalized spacial score (nSPS) is 11.5. The van der Waals surface area contributed by atoms with Crippen molar-refractivity contribution in [1.82, 2.24) is 0 Å². The zero-order chi connectivity index (χ0) is 12.9. The lowest BCUT2D eigenvalue weighted by Crippen LogP contribution is -2.13. The number of halogens is 2. The highest BCUT2D eigenvalue weighted by atomic mass is 32.2. The third kappa shape index (κ3) is 4.68. The van der Waals surface area contributed by atoms with E-state index in [1.807, 2.05) is 0 Å². The largest absolute Gasteiger partial charge is 0.385 e. The second kappa shape index (κ2) is 5.95. The fourth-order valence-electron chi connectivity index (χ4n) is 1.28. The molecule has 0 fully saturated rings. The molecule has 0 spiro atoms. The Morgan fingerprint density at radius 1 is 1.24 bits per heavy atom. The Labute approximate surface area is 99.8 Å². The SMILES string of the molecule is CCS(=O)(=O)CCCNc1ccc(F)c(F)c1. The van der Waals surface area contributed by atoms with Crippen LogP contribution >= 0.6 is 0 Å². The van der Waals surface area contributed by atoms with Crippen molar-refractivity contribution in [3.8, 4) is 0 Å². The maximum Gasteiger partial charge on any atom is 0.160 e. The average molecular weight is 263 g/mol. The zero-order valence-corrected chi connectivity index (χ0v) is 10.4. The van der Waals surface area contributed by atoms with Gasteiger partial charge in [-0.25, -0.2) is 17.2 Å². The minimum absolute atomic E-state index is 0.0974. The molecular formula is C11H15F2NO2S. The van der Waals surface area contributed by atoms with Crippen molar-refractivity contribution < 1.29 is 17.2 Å². The Morgan fingerprint density at radius 2 is 1.94 bits per heavy atom. The van der Waals surface area contributed by atoms with Crippen molar-refractivity contribution >= 4 is 15.5 Å². The third-order valence-electron chi connectivity index (χ3n) is 2.32. The van der Waals surface area contributed by atoms with Gasteiger partial charge < -0.3 is 5.32 Å². The van der Waals surface area contributed by atoms with Gasteiger partial charge in [0.2, 0.25) is 0 Å². The van der Waals surface area contributed by atoms with Crippen molar-refractivity contribution in [2.24, 2.45) is 0 Å². The first-order valence-corrected chi connectivity index (χ1v) is 7.16. The Morgan fingerprint density at radius 3 is 2.53 bits per heavy atom. The topological polar surface area (TPSA) is 46.2 Å². The summed E-state index contributed by atoms with van der Waals surface area (Å²) in [5, 5.41) is 2.84. The van der Waals surface area contributed by atoms with Gasteiger partial charge in [0.25, 0.3) is 0 Å². The number of sulfone groups is 1. The molecule has 0 aliphatic heterocycles. The van der Waals surface area contributed by atoms with Gasteiger partial charge in [-0.15, -0.1) is 0 Å². The van der Waals surface area contributed by atoms with E-state index in [1.54, 1.807) is 6.92 Å². The molecule has 6 heteroatoms. The monoisotopic (exact) mass is 263 g/mol. The summed E-state index contributed by atoms with van der Waals surface area (Å²) in [6.45, 7) is 2.00. The van der Waals surface area contributed by atoms with Gasteiger partial charge in [0.1, 0.15) is 9.84 Å². The van der Waals surface area contributed by atoms with Crippen LogP contribution in [-0.2, 0) is 9.84 Å².